The molecule has 7 heteroatoms. The van der Waals surface area contributed by atoms with Crippen molar-refractivity contribution in [3.63, 3.8) is 0 Å². The van der Waals surface area contributed by atoms with E-state index in [0.29, 0.717) is 12.5 Å². The van der Waals surface area contributed by atoms with Crippen LogP contribution in [0.2, 0.25) is 0 Å². The van der Waals surface area contributed by atoms with Gasteiger partial charge in [0.1, 0.15) is 0 Å². The van der Waals surface area contributed by atoms with Crippen LogP contribution in [0.1, 0.15) is 17.0 Å². The molecule has 0 aliphatic heterocycles. The van der Waals surface area contributed by atoms with Crippen molar-refractivity contribution in [1.29, 1.82) is 0 Å². The van der Waals surface area contributed by atoms with Crippen molar-refractivity contribution >= 4 is 5.95 Å². The number of nitrogen functional groups attached to an aromatic ring is 1. The van der Waals surface area contributed by atoms with Crippen LogP contribution in [0.3, 0.4) is 0 Å². The molecule has 0 aliphatic carbocycles. The molecule has 0 bridgehead atoms. The first-order valence-electron chi connectivity index (χ1n) is 5.99. The molecule has 7 nitrogen and oxygen atoms in total. The summed E-state index contributed by atoms with van der Waals surface area (Å²) in [5, 5.41) is 8.21. The molecule has 0 amide bonds. The lowest BCUT2D eigenvalue weighted by Gasteiger charge is -1.95. The number of rotatable bonds is 5. The average molecular weight is 258 g/mol. The van der Waals surface area contributed by atoms with Gasteiger partial charge in [-0.1, -0.05) is 5.21 Å². The van der Waals surface area contributed by atoms with E-state index in [9.17, 15) is 0 Å². The van der Waals surface area contributed by atoms with E-state index in [2.05, 4.69) is 20.3 Å². The van der Waals surface area contributed by atoms with Gasteiger partial charge in [0.15, 0.2) is 5.95 Å². The average Bonchev–Trinajstić information content (AvgIpc) is 3.10. The zero-order valence-electron chi connectivity index (χ0n) is 10.3. The van der Waals surface area contributed by atoms with Crippen LogP contribution in [0.4, 0.5) is 5.95 Å². The molecular formula is C12H14N6O. The molecule has 3 N–H and O–H groups in total. The fraction of sp³-hybridized carbons (Fsp3) is 0.250. The second-order valence-corrected chi connectivity index (χ2v) is 4.32. The molecule has 98 valence electrons. The number of nitrogens with two attached hydrogens (primary N) is 1. The zero-order valence-corrected chi connectivity index (χ0v) is 10.3. The fourth-order valence-electron chi connectivity index (χ4n) is 1.86. The molecule has 0 aliphatic rings. The maximum absolute atomic E-state index is 5.52. The van der Waals surface area contributed by atoms with E-state index in [4.69, 9.17) is 10.2 Å². The molecule has 0 atom stereocenters. The SMILES string of the molecule is Nc1nc(CCc2cn(Cc3ccoc3)nn2)c[nH]1. The molecular weight excluding hydrogens is 244 g/mol. The predicted octanol–water partition coefficient (Wildman–Crippen LogP) is 1.01. The molecule has 3 rings (SSSR count). The topological polar surface area (TPSA) is 98.6 Å². The number of nitrogens with one attached hydrogen (secondary N) is 1. The highest BCUT2D eigenvalue weighted by Gasteiger charge is 2.04. The van der Waals surface area contributed by atoms with Crippen LogP contribution < -0.4 is 5.73 Å². The summed E-state index contributed by atoms with van der Waals surface area (Å²) in [6.45, 7) is 0.666. The number of aromatic nitrogens is 5. The largest absolute Gasteiger partial charge is 0.472 e. The highest BCUT2D eigenvalue weighted by molar-refractivity contribution is 5.18. The van der Waals surface area contributed by atoms with Crippen molar-refractivity contribution in [3.05, 3.63) is 47.9 Å². The van der Waals surface area contributed by atoms with E-state index in [1.807, 2.05) is 18.5 Å². The second-order valence-electron chi connectivity index (χ2n) is 4.32. The predicted molar refractivity (Wildman–Crippen MR) is 68.2 cm³/mol. The first kappa shape index (κ1) is 11.5. The third-order valence-corrected chi connectivity index (χ3v) is 2.80. The van der Waals surface area contributed by atoms with E-state index >= 15 is 0 Å². The van der Waals surface area contributed by atoms with Gasteiger partial charge < -0.3 is 15.1 Å². The van der Waals surface area contributed by atoms with Gasteiger partial charge in [0.25, 0.3) is 0 Å². The number of furan rings is 1. The maximum Gasteiger partial charge on any atom is 0.197 e. The Morgan fingerprint density at radius 3 is 2.95 bits per heavy atom. The van der Waals surface area contributed by atoms with Crippen LogP contribution in [0.5, 0.6) is 0 Å². The standard InChI is InChI=1S/C12H14N6O/c13-12-14-5-10(15-12)1-2-11-7-18(17-16-11)6-9-3-4-19-8-9/h3-5,7-8H,1-2,6H2,(H3,13,14,15). The summed E-state index contributed by atoms with van der Waals surface area (Å²) in [5.41, 5.74) is 8.45. The van der Waals surface area contributed by atoms with Crippen LogP contribution in [0.25, 0.3) is 0 Å². The monoisotopic (exact) mass is 258 g/mol. The molecule has 0 saturated carbocycles. The minimum atomic E-state index is 0.443. The van der Waals surface area contributed by atoms with Crippen molar-refractivity contribution < 1.29 is 4.42 Å². The Morgan fingerprint density at radius 1 is 1.32 bits per heavy atom. The van der Waals surface area contributed by atoms with Crippen molar-refractivity contribution in [1.82, 2.24) is 25.0 Å². The van der Waals surface area contributed by atoms with E-state index in [-0.39, 0.29) is 0 Å². The highest BCUT2D eigenvalue weighted by Crippen LogP contribution is 2.06. The summed E-state index contributed by atoms with van der Waals surface area (Å²) in [6.07, 6.45) is 8.67. The minimum absolute atomic E-state index is 0.443. The van der Waals surface area contributed by atoms with Gasteiger partial charge in [0, 0.05) is 18.0 Å². The van der Waals surface area contributed by atoms with Crippen molar-refractivity contribution in [2.75, 3.05) is 5.73 Å². The summed E-state index contributed by atoms with van der Waals surface area (Å²) in [6, 6.07) is 1.91. The number of H-pyrrole nitrogens is 1. The Bertz CT molecular complexity index is 639. The van der Waals surface area contributed by atoms with Crippen LogP contribution in [0, 0.1) is 0 Å². The molecule has 19 heavy (non-hydrogen) atoms. The second kappa shape index (κ2) is 4.97. The smallest absolute Gasteiger partial charge is 0.197 e. The number of hydrogen-bond donors (Lipinski definition) is 2. The molecule has 0 radical (unpaired) electrons. The quantitative estimate of drug-likeness (QED) is 0.711. The molecule has 0 spiro atoms. The third kappa shape index (κ3) is 2.82. The van der Waals surface area contributed by atoms with E-state index in [1.165, 1.54) is 0 Å². The minimum Gasteiger partial charge on any atom is -0.472 e. The molecule has 3 aromatic heterocycles. The molecule has 3 aromatic rings. The maximum atomic E-state index is 5.52. The Morgan fingerprint density at radius 2 is 2.21 bits per heavy atom. The van der Waals surface area contributed by atoms with Crippen molar-refractivity contribution in [2.24, 2.45) is 0 Å². The number of hydrogen-bond acceptors (Lipinski definition) is 5. The molecule has 3 heterocycles. The van der Waals surface area contributed by atoms with Gasteiger partial charge >= 0.3 is 0 Å². The fourth-order valence-corrected chi connectivity index (χ4v) is 1.86. The summed E-state index contributed by atoms with van der Waals surface area (Å²) in [4.78, 5) is 7.00. The van der Waals surface area contributed by atoms with E-state index in [1.54, 1.807) is 17.2 Å². The first-order valence-corrected chi connectivity index (χ1v) is 5.99. The number of aromatic amines is 1. The van der Waals surface area contributed by atoms with E-state index < -0.39 is 0 Å². The number of anilines is 1. The normalized spacial score (nSPS) is 10.9. The Labute approximate surface area is 109 Å². The van der Waals surface area contributed by atoms with Crippen LogP contribution in [-0.2, 0) is 19.4 Å². The van der Waals surface area contributed by atoms with Crippen LogP contribution in [0.15, 0.2) is 35.4 Å². The number of nitrogens with zero attached hydrogens (tertiary/aromatic N) is 4. The van der Waals surface area contributed by atoms with Gasteiger partial charge in [0.05, 0.1) is 30.5 Å². The summed E-state index contributed by atoms with van der Waals surface area (Å²) in [7, 11) is 0. The lowest BCUT2D eigenvalue weighted by Crippen LogP contribution is -1.98. The summed E-state index contributed by atoms with van der Waals surface area (Å²) in [5.74, 6) is 0.443. The molecule has 0 aromatic carbocycles. The van der Waals surface area contributed by atoms with Crippen LogP contribution >= 0.6 is 0 Å². The summed E-state index contributed by atoms with van der Waals surface area (Å²) >= 11 is 0. The Balaban J connectivity index is 1.59. The van der Waals surface area contributed by atoms with Gasteiger partial charge in [-0.05, 0) is 18.9 Å². The molecule has 0 fully saturated rings. The third-order valence-electron chi connectivity index (χ3n) is 2.80. The van der Waals surface area contributed by atoms with Gasteiger partial charge in [0.2, 0.25) is 0 Å². The first-order chi connectivity index (χ1) is 9.29. The summed E-state index contributed by atoms with van der Waals surface area (Å²) < 4.78 is 6.81. The lowest BCUT2D eigenvalue weighted by molar-refractivity contribution is 0.558. The van der Waals surface area contributed by atoms with Gasteiger partial charge in [-0.15, -0.1) is 5.10 Å². The number of aryl methyl sites for hydroxylation is 2. The van der Waals surface area contributed by atoms with Gasteiger partial charge in [-0.25, -0.2) is 9.67 Å². The lowest BCUT2D eigenvalue weighted by atomic mass is 10.2. The van der Waals surface area contributed by atoms with Crippen molar-refractivity contribution in [3.8, 4) is 0 Å². The number of imidazole rings is 1. The van der Waals surface area contributed by atoms with Gasteiger partial charge in [-0.2, -0.15) is 0 Å². The van der Waals surface area contributed by atoms with Crippen LogP contribution in [-0.4, -0.2) is 25.0 Å². The molecule has 0 unspecified atom stereocenters. The Kier molecular flexibility index (Phi) is 3.01. The van der Waals surface area contributed by atoms with Crippen molar-refractivity contribution in [2.45, 2.75) is 19.4 Å². The zero-order chi connectivity index (χ0) is 13.1. The van der Waals surface area contributed by atoms with Gasteiger partial charge in [-0.3, -0.25) is 0 Å². The van der Waals surface area contributed by atoms with E-state index in [0.717, 1.165) is 29.8 Å². The highest BCUT2D eigenvalue weighted by atomic mass is 16.3. The molecule has 0 saturated heterocycles. The Hall–Kier alpha value is -2.57.